The van der Waals surface area contributed by atoms with Crippen molar-refractivity contribution in [3.8, 4) is 0 Å². The Morgan fingerprint density at radius 1 is 0.857 bits per heavy atom. The zero-order chi connectivity index (χ0) is 31.4. The van der Waals surface area contributed by atoms with Crippen molar-refractivity contribution in [2.45, 2.75) is 77.3 Å². The molecule has 1 fully saturated rings. The Balaban J connectivity index is 2.33. The second-order valence-corrected chi connectivity index (χ2v) is 9.14. The van der Waals surface area contributed by atoms with Crippen LogP contribution in [0.4, 0.5) is 4.79 Å². The maximum Gasteiger partial charge on any atom is 0.408 e. The summed E-state index contributed by atoms with van der Waals surface area (Å²) in [6.07, 6.45) is -7.71. The van der Waals surface area contributed by atoms with Crippen molar-refractivity contribution in [3.05, 3.63) is 35.9 Å². The average Bonchev–Trinajstić information content (AvgIpc) is 2.89. The minimum atomic E-state index is -1.68. The number of esters is 3. The highest BCUT2D eigenvalue weighted by Crippen LogP contribution is 2.26. The number of nitrogens with one attached hydrogen (secondary N) is 3. The molecule has 3 amide bonds. The fraction of sp³-hybridized carbons (Fsp3) is 0.500. The molecule has 2 rings (SSSR count). The van der Waals surface area contributed by atoms with Crippen molar-refractivity contribution in [1.29, 1.82) is 0 Å². The van der Waals surface area contributed by atoms with Crippen molar-refractivity contribution < 1.29 is 62.4 Å². The molecule has 230 valence electrons. The van der Waals surface area contributed by atoms with Crippen LogP contribution >= 0.6 is 0 Å². The molecule has 1 aliphatic heterocycles. The van der Waals surface area contributed by atoms with Gasteiger partial charge in [-0.3, -0.25) is 28.8 Å². The topological polar surface area (TPSA) is 222 Å². The van der Waals surface area contributed by atoms with E-state index in [-0.39, 0.29) is 6.61 Å². The molecule has 42 heavy (non-hydrogen) atoms. The maximum atomic E-state index is 13.2. The van der Waals surface area contributed by atoms with Crippen molar-refractivity contribution >= 4 is 41.8 Å². The predicted octanol–water partition coefficient (Wildman–Crippen LogP) is -0.472. The van der Waals surface area contributed by atoms with Crippen LogP contribution in [-0.4, -0.2) is 90.1 Å². The zero-order valence-electron chi connectivity index (χ0n) is 23.3. The van der Waals surface area contributed by atoms with Crippen molar-refractivity contribution in [2.75, 3.05) is 6.61 Å². The first-order valence-corrected chi connectivity index (χ1v) is 12.7. The standard InChI is InChI=1S/C26H33N3O13/c1-13(30)27-21-23(41-16(4)33)22(40-15(3)32)19(12-38-14(2)31)42-25(21)29-24(36)18(10-20(34)35)28-26(37)39-11-17-8-6-5-7-9-17/h5-9,18-19,21-23,25H,10-12H2,1-4H3,(H,27,30)(H,28,37)(H,29,36)(H,34,35). The van der Waals surface area contributed by atoms with E-state index in [4.69, 9.17) is 23.7 Å². The molecule has 1 aromatic rings. The van der Waals surface area contributed by atoms with Gasteiger partial charge in [0.15, 0.2) is 18.4 Å². The van der Waals surface area contributed by atoms with E-state index in [0.29, 0.717) is 5.56 Å². The third-order valence-electron chi connectivity index (χ3n) is 5.60. The van der Waals surface area contributed by atoms with Crippen LogP contribution < -0.4 is 16.0 Å². The Kier molecular flexibility index (Phi) is 12.7. The smallest absolute Gasteiger partial charge is 0.408 e. The molecule has 0 spiro atoms. The number of benzene rings is 1. The Morgan fingerprint density at radius 2 is 1.48 bits per heavy atom. The number of carboxylic acid groups (broad SMARTS) is 1. The lowest BCUT2D eigenvalue weighted by molar-refractivity contribution is -0.228. The van der Waals surface area contributed by atoms with Gasteiger partial charge in [-0.2, -0.15) is 0 Å². The first kappa shape index (κ1) is 33.5. The van der Waals surface area contributed by atoms with E-state index in [0.717, 1.165) is 27.7 Å². The summed E-state index contributed by atoms with van der Waals surface area (Å²) >= 11 is 0. The number of carbonyl (C=O) groups excluding carboxylic acids is 6. The van der Waals surface area contributed by atoms with Gasteiger partial charge >= 0.3 is 30.0 Å². The number of carboxylic acids is 1. The van der Waals surface area contributed by atoms with Gasteiger partial charge in [0.2, 0.25) is 11.8 Å². The predicted molar refractivity (Wildman–Crippen MR) is 138 cm³/mol. The largest absolute Gasteiger partial charge is 0.481 e. The molecule has 0 saturated carbocycles. The van der Waals surface area contributed by atoms with Gasteiger partial charge in [0.05, 0.1) is 6.42 Å². The average molecular weight is 596 g/mol. The lowest BCUT2D eigenvalue weighted by Gasteiger charge is -2.45. The Morgan fingerprint density at radius 3 is 2.02 bits per heavy atom. The number of amides is 3. The number of ether oxygens (including phenoxy) is 5. The van der Waals surface area contributed by atoms with Crippen molar-refractivity contribution in [2.24, 2.45) is 0 Å². The molecule has 6 atom stereocenters. The molecule has 1 saturated heterocycles. The number of carbonyl (C=O) groups is 7. The Labute approximate surface area is 240 Å². The molecule has 0 aromatic heterocycles. The SMILES string of the molecule is CC(=O)NC1C(NC(=O)C(CC(=O)O)NC(=O)OCc2ccccc2)OC(COC(C)=O)C(OC(C)=O)C1OC(C)=O. The Bertz CT molecular complexity index is 1160. The first-order valence-electron chi connectivity index (χ1n) is 12.7. The number of hydrogen-bond acceptors (Lipinski definition) is 12. The van der Waals surface area contributed by atoms with Crippen LogP contribution in [0, 0.1) is 0 Å². The number of rotatable bonds is 12. The van der Waals surface area contributed by atoms with Crippen molar-refractivity contribution in [3.63, 3.8) is 0 Å². The lowest BCUT2D eigenvalue weighted by Crippen LogP contribution is -2.70. The fourth-order valence-corrected chi connectivity index (χ4v) is 3.99. The van der Waals surface area contributed by atoms with E-state index in [9.17, 15) is 38.7 Å². The third-order valence-corrected chi connectivity index (χ3v) is 5.60. The summed E-state index contributed by atoms with van der Waals surface area (Å²) in [5, 5.41) is 16.3. The molecule has 0 radical (unpaired) electrons. The minimum Gasteiger partial charge on any atom is -0.481 e. The maximum absolute atomic E-state index is 13.2. The molecule has 16 nitrogen and oxygen atoms in total. The van der Waals surface area contributed by atoms with Gasteiger partial charge in [-0.15, -0.1) is 0 Å². The molecule has 1 heterocycles. The second-order valence-electron chi connectivity index (χ2n) is 9.14. The second kappa shape index (κ2) is 15.9. The van der Waals surface area contributed by atoms with Crippen LogP contribution in [0.2, 0.25) is 0 Å². The molecule has 16 heteroatoms. The summed E-state index contributed by atoms with van der Waals surface area (Å²) < 4.78 is 26.5. The van der Waals surface area contributed by atoms with Crippen LogP contribution in [0.15, 0.2) is 30.3 Å². The van der Waals surface area contributed by atoms with Gasteiger partial charge < -0.3 is 44.7 Å². The summed E-state index contributed by atoms with van der Waals surface area (Å²) in [4.78, 5) is 84.5. The zero-order valence-corrected chi connectivity index (χ0v) is 23.3. The normalized spacial score (nSPS) is 22.0. The quantitative estimate of drug-likeness (QED) is 0.177. The van der Waals surface area contributed by atoms with Crippen LogP contribution in [0.5, 0.6) is 0 Å². The number of alkyl carbamates (subject to hydrolysis) is 1. The van der Waals surface area contributed by atoms with E-state index in [2.05, 4.69) is 16.0 Å². The summed E-state index contributed by atoms with van der Waals surface area (Å²) in [6, 6.07) is 5.50. The van der Waals surface area contributed by atoms with Gasteiger partial charge in [-0.25, -0.2) is 4.79 Å². The molecular formula is C26H33N3O13. The van der Waals surface area contributed by atoms with E-state index in [1.807, 2.05) is 0 Å². The lowest BCUT2D eigenvalue weighted by atomic mass is 9.94. The molecular weight excluding hydrogens is 562 g/mol. The van der Waals surface area contributed by atoms with E-state index >= 15 is 0 Å². The summed E-state index contributed by atoms with van der Waals surface area (Å²) in [5.41, 5.74) is 0.637. The van der Waals surface area contributed by atoms with Gasteiger partial charge in [0.25, 0.3) is 0 Å². The van der Waals surface area contributed by atoms with Crippen LogP contribution in [0.3, 0.4) is 0 Å². The Hall–Kier alpha value is -4.73. The molecule has 4 N–H and O–H groups in total. The van der Waals surface area contributed by atoms with E-state index in [1.54, 1.807) is 30.3 Å². The summed E-state index contributed by atoms with van der Waals surface area (Å²) in [5.74, 6) is -5.58. The third kappa shape index (κ3) is 11.0. The monoisotopic (exact) mass is 595 g/mol. The van der Waals surface area contributed by atoms with Crippen LogP contribution in [0.1, 0.15) is 39.7 Å². The highest BCUT2D eigenvalue weighted by molar-refractivity contribution is 5.89. The van der Waals surface area contributed by atoms with Crippen LogP contribution in [0.25, 0.3) is 0 Å². The molecule has 1 aliphatic rings. The molecule has 6 unspecified atom stereocenters. The summed E-state index contributed by atoms with van der Waals surface area (Å²) in [7, 11) is 0. The van der Waals surface area contributed by atoms with Crippen molar-refractivity contribution in [1.82, 2.24) is 16.0 Å². The molecule has 1 aromatic carbocycles. The van der Waals surface area contributed by atoms with Gasteiger partial charge in [-0.05, 0) is 5.56 Å². The first-order chi connectivity index (χ1) is 19.8. The highest BCUT2D eigenvalue weighted by atomic mass is 16.6. The van der Waals surface area contributed by atoms with E-state index in [1.165, 1.54) is 0 Å². The highest BCUT2D eigenvalue weighted by Gasteiger charge is 2.51. The van der Waals surface area contributed by atoms with Gasteiger partial charge in [0.1, 0.15) is 31.4 Å². The summed E-state index contributed by atoms with van der Waals surface area (Å²) in [6.45, 7) is 3.65. The van der Waals surface area contributed by atoms with Crippen LogP contribution in [-0.2, 0) is 59.1 Å². The molecule has 0 aliphatic carbocycles. The number of aliphatic carboxylic acids is 1. The number of hydrogen-bond donors (Lipinski definition) is 4. The fourth-order valence-electron chi connectivity index (χ4n) is 3.99. The minimum absolute atomic E-state index is 0.163. The van der Waals surface area contributed by atoms with Gasteiger partial charge in [-0.1, -0.05) is 30.3 Å². The van der Waals surface area contributed by atoms with E-state index < -0.39 is 91.4 Å². The molecule has 0 bridgehead atoms. The van der Waals surface area contributed by atoms with Gasteiger partial charge in [0, 0.05) is 27.7 Å².